The van der Waals surface area contributed by atoms with Gasteiger partial charge >= 0.3 is 5.97 Å². The molecule has 0 radical (unpaired) electrons. The minimum Gasteiger partial charge on any atom is -0.461 e. The van der Waals surface area contributed by atoms with Gasteiger partial charge in [0.05, 0.1) is 17.6 Å². The third-order valence-electron chi connectivity index (χ3n) is 3.03. The molecule has 0 spiro atoms. The van der Waals surface area contributed by atoms with Crippen molar-refractivity contribution < 1.29 is 18.7 Å². The summed E-state index contributed by atoms with van der Waals surface area (Å²) in [6.45, 7) is 5.42. The van der Waals surface area contributed by atoms with E-state index in [2.05, 4.69) is 9.97 Å². The van der Waals surface area contributed by atoms with E-state index < -0.39 is 16.5 Å². The van der Waals surface area contributed by atoms with E-state index in [-0.39, 0.29) is 18.1 Å². The second-order valence-corrected chi connectivity index (χ2v) is 6.89. The van der Waals surface area contributed by atoms with Crippen LogP contribution < -0.4 is 0 Å². The first-order valence-electron chi connectivity index (χ1n) is 7.05. The Hall–Kier alpha value is -2.15. The van der Waals surface area contributed by atoms with Crippen LogP contribution in [0.4, 0.5) is 4.39 Å². The number of halogens is 1. The molecular weight excluding hydrogens is 319 g/mol. The van der Waals surface area contributed by atoms with Crippen molar-refractivity contribution >= 4 is 23.5 Å². The fraction of sp³-hybridized carbons (Fsp3) is 0.312. The zero-order chi connectivity index (χ0) is 17.0. The summed E-state index contributed by atoms with van der Waals surface area (Å²) in [5.41, 5.74) is 0.517. The van der Waals surface area contributed by atoms with Gasteiger partial charge in [-0.05, 0) is 32.9 Å². The van der Waals surface area contributed by atoms with Crippen molar-refractivity contribution in [1.82, 2.24) is 9.97 Å². The summed E-state index contributed by atoms with van der Waals surface area (Å²) in [7, 11) is 0. The Morgan fingerprint density at radius 3 is 2.78 bits per heavy atom. The van der Waals surface area contributed by atoms with Gasteiger partial charge in [-0.15, -0.1) is 0 Å². The lowest BCUT2D eigenvalue weighted by atomic mass is 10.0. The highest BCUT2D eigenvalue weighted by molar-refractivity contribution is 8.01. The molecule has 122 valence electrons. The molecule has 0 amide bonds. The summed E-state index contributed by atoms with van der Waals surface area (Å²) in [5.74, 6) is -1.18. The molecule has 2 rings (SSSR count). The number of carbonyl (C=O) groups excluding carboxylic acids is 2. The zero-order valence-electron chi connectivity index (χ0n) is 13.1. The summed E-state index contributed by atoms with van der Waals surface area (Å²) in [6.07, 6.45) is 1.36. The highest BCUT2D eigenvalue weighted by Gasteiger charge is 2.31. The first-order valence-corrected chi connectivity index (χ1v) is 7.86. The Morgan fingerprint density at radius 1 is 1.39 bits per heavy atom. The van der Waals surface area contributed by atoms with Crippen LogP contribution in [0.1, 0.15) is 41.6 Å². The van der Waals surface area contributed by atoms with E-state index in [0.29, 0.717) is 10.7 Å². The highest BCUT2D eigenvalue weighted by Crippen LogP contribution is 2.33. The van der Waals surface area contributed by atoms with Crippen molar-refractivity contribution in [3.63, 3.8) is 0 Å². The van der Waals surface area contributed by atoms with Crippen LogP contribution in [0.15, 0.2) is 35.6 Å². The first kappa shape index (κ1) is 17.2. The normalized spacial score (nSPS) is 11.3. The molecular formula is C16H17FN2O3S. The molecule has 0 saturated heterocycles. The molecule has 2 aromatic rings. The van der Waals surface area contributed by atoms with E-state index >= 15 is 0 Å². The number of rotatable bonds is 6. The maximum absolute atomic E-state index is 13.3. The number of hydrogen-bond acceptors (Lipinski definition) is 5. The van der Waals surface area contributed by atoms with Gasteiger partial charge in [0.1, 0.15) is 11.5 Å². The molecule has 0 saturated carbocycles. The van der Waals surface area contributed by atoms with Crippen molar-refractivity contribution in [3.8, 4) is 0 Å². The summed E-state index contributed by atoms with van der Waals surface area (Å²) >= 11 is 1.16. The number of nitrogens with one attached hydrogen (secondary N) is 1. The maximum Gasteiger partial charge on any atom is 0.356 e. The molecule has 0 atom stereocenters. The number of benzene rings is 1. The number of ketones is 1. The van der Waals surface area contributed by atoms with E-state index in [1.165, 1.54) is 24.4 Å². The van der Waals surface area contributed by atoms with Crippen LogP contribution >= 0.6 is 11.8 Å². The number of aromatic nitrogens is 2. The lowest BCUT2D eigenvalue weighted by Gasteiger charge is -2.21. The van der Waals surface area contributed by atoms with Gasteiger partial charge in [-0.3, -0.25) is 4.79 Å². The van der Waals surface area contributed by atoms with Gasteiger partial charge in [-0.25, -0.2) is 14.2 Å². The summed E-state index contributed by atoms with van der Waals surface area (Å²) in [5, 5.41) is 0.419. The average molecular weight is 336 g/mol. The van der Waals surface area contributed by atoms with E-state index in [1.54, 1.807) is 26.8 Å². The SMILES string of the molecule is CCOC(=O)c1cnc(SC(C)(C)C(=O)c2cccc(F)c2)[nH]1. The molecule has 1 N–H and O–H groups in total. The predicted octanol–water partition coefficient (Wildman–Crippen LogP) is 3.48. The van der Waals surface area contributed by atoms with Crippen molar-refractivity contribution in [3.05, 3.63) is 47.5 Å². The second-order valence-electron chi connectivity index (χ2n) is 5.27. The molecule has 0 fully saturated rings. The number of esters is 1. The number of imidazole rings is 1. The fourth-order valence-electron chi connectivity index (χ4n) is 1.93. The van der Waals surface area contributed by atoms with Gasteiger partial charge in [0, 0.05) is 5.56 Å². The molecule has 5 nitrogen and oxygen atoms in total. The zero-order valence-corrected chi connectivity index (χ0v) is 13.9. The van der Waals surface area contributed by atoms with E-state index in [4.69, 9.17) is 4.74 Å². The molecule has 1 heterocycles. The van der Waals surface area contributed by atoms with Crippen LogP contribution in [-0.2, 0) is 4.74 Å². The Kier molecular flexibility index (Phi) is 5.20. The van der Waals surface area contributed by atoms with Gasteiger partial charge in [0.2, 0.25) is 0 Å². The van der Waals surface area contributed by atoms with Crippen molar-refractivity contribution in [2.45, 2.75) is 30.7 Å². The number of H-pyrrole nitrogens is 1. The monoisotopic (exact) mass is 336 g/mol. The van der Waals surface area contributed by atoms with Crippen molar-refractivity contribution in [2.24, 2.45) is 0 Å². The minimum atomic E-state index is -0.877. The second kappa shape index (κ2) is 6.95. The number of ether oxygens (including phenoxy) is 1. The first-order chi connectivity index (χ1) is 10.8. The topological polar surface area (TPSA) is 72.0 Å². The van der Waals surface area contributed by atoms with Crippen LogP contribution in [0.3, 0.4) is 0 Å². The average Bonchev–Trinajstić information content (AvgIpc) is 2.94. The smallest absolute Gasteiger partial charge is 0.356 e. The molecule has 0 bridgehead atoms. The number of Topliss-reactive ketones (excluding diaryl/α,β-unsaturated/α-hetero) is 1. The number of hydrogen-bond donors (Lipinski definition) is 1. The third-order valence-corrected chi connectivity index (χ3v) is 4.13. The number of thioether (sulfide) groups is 1. The van der Waals surface area contributed by atoms with E-state index in [1.807, 2.05) is 0 Å². The summed E-state index contributed by atoms with van der Waals surface area (Å²) < 4.78 is 17.3. The summed E-state index contributed by atoms with van der Waals surface area (Å²) in [4.78, 5) is 31.1. The molecule has 23 heavy (non-hydrogen) atoms. The van der Waals surface area contributed by atoms with Crippen LogP contribution in [0.5, 0.6) is 0 Å². The van der Waals surface area contributed by atoms with Crippen LogP contribution in [0, 0.1) is 5.82 Å². The highest BCUT2D eigenvalue weighted by atomic mass is 32.2. The molecule has 1 aromatic heterocycles. The predicted molar refractivity (Wildman–Crippen MR) is 85.2 cm³/mol. The lowest BCUT2D eigenvalue weighted by Crippen LogP contribution is -2.28. The lowest BCUT2D eigenvalue weighted by molar-refractivity contribution is 0.0519. The number of nitrogens with zero attached hydrogens (tertiary/aromatic N) is 1. The van der Waals surface area contributed by atoms with Crippen LogP contribution in [0.2, 0.25) is 0 Å². The molecule has 0 aliphatic heterocycles. The van der Waals surface area contributed by atoms with Gasteiger partial charge < -0.3 is 9.72 Å². The Labute approximate surface area is 137 Å². The Morgan fingerprint density at radius 2 is 2.13 bits per heavy atom. The summed E-state index contributed by atoms with van der Waals surface area (Å²) in [6, 6.07) is 5.56. The molecule has 0 aliphatic carbocycles. The number of aromatic amines is 1. The fourth-order valence-corrected chi connectivity index (χ4v) is 2.89. The van der Waals surface area contributed by atoms with Gasteiger partial charge in [-0.2, -0.15) is 0 Å². The number of carbonyl (C=O) groups is 2. The standard InChI is InChI=1S/C16H17FN2O3S/c1-4-22-14(21)12-9-18-15(19-12)23-16(2,3)13(20)10-6-5-7-11(17)8-10/h5-9H,4H2,1-3H3,(H,18,19). The molecule has 0 unspecified atom stereocenters. The quantitative estimate of drug-likeness (QED) is 0.497. The van der Waals surface area contributed by atoms with Crippen LogP contribution in [-0.4, -0.2) is 33.1 Å². The maximum atomic E-state index is 13.3. The van der Waals surface area contributed by atoms with Gasteiger partial charge in [-0.1, -0.05) is 23.9 Å². The third kappa shape index (κ3) is 4.19. The molecule has 7 heteroatoms. The minimum absolute atomic E-state index is 0.225. The Bertz CT molecular complexity index is 728. The molecule has 0 aliphatic rings. The van der Waals surface area contributed by atoms with E-state index in [9.17, 15) is 14.0 Å². The van der Waals surface area contributed by atoms with E-state index in [0.717, 1.165) is 11.8 Å². The molecule has 1 aromatic carbocycles. The largest absolute Gasteiger partial charge is 0.461 e. The van der Waals surface area contributed by atoms with Crippen molar-refractivity contribution in [1.29, 1.82) is 0 Å². The van der Waals surface area contributed by atoms with Crippen molar-refractivity contribution in [2.75, 3.05) is 6.61 Å². The Balaban J connectivity index is 2.14. The van der Waals surface area contributed by atoms with Gasteiger partial charge in [0.25, 0.3) is 0 Å². The van der Waals surface area contributed by atoms with Gasteiger partial charge in [0.15, 0.2) is 10.9 Å². The van der Waals surface area contributed by atoms with Crippen LogP contribution in [0.25, 0.3) is 0 Å².